The number of carbonyl (C=O) groups excluding carboxylic acids is 4. The molecule has 19 heteroatoms. The van der Waals surface area contributed by atoms with Crippen LogP contribution in [0.5, 0.6) is 0 Å². The van der Waals surface area contributed by atoms with E-state index in [2.05, 4.69) is 41.5 Å². The van der Waals surface area contributed by atoms with Crippen molar-refractivity contribution < 1.29 is 80.2 Å². The molecule has 0 radical (unpaired) electrons. The highest BCUT2D eigenvalue weighted by molar-refractivity contribution is 7.47. The molecule has 0 fully saturated rings. The maximum Gasteiger partial charge on any atom is 0.472 e. The molecule has 0 saturated heterocycles. The Bertz CT molecular complexity index is 1870. The number of rotatable bonds is 77. The Hall–Kier alpha value is -1.94. The molecule has 0 bridgehead atoms. The van der Waals surface area contributed by atoms with Gasteiger partial charge in [0.25, 0.3) is 0 Å². The van der Waals surface area contributed by atoms with Crippen molar-refractivity contribution in [1.29, 1.82) is 0 Å². The van der Waals surface area contributed by atoms with Gasteiger partial charge in [-0.25, -0.2) is 9.13 Å². The lowest BCUT2D eigenvalue weighted by Gasteiger charge is -2.21. The average Bonchev–Trinajstić information content (AvgIpc) is 2.22. The Morgan fingerprint density at radius 3 is 0.701 bits per heavy atom. The fraction of sp³-hybridized carbons (Fsp3) is 0.949. The number of hydrogen-bond donors (Lipinski definition) is 3. The van der Waals surface area contributed by atoms with Gasteiger partial charge in [-0.3, -0.25) is 37.3 Å². The SMILES string of the molecule is CCCCCCCCCCCCCCCCCCCCCCCCC(=O)O[C@H](COC(=O)CCCCCCCCCCCCCCCC)COP(=O)(O)OC[C@@H](O)COP(=O)(O)OC[C@@H](COC(=O)CCCCCCCCC(C)C)OC(=O)CCCCCCCCCCCC(C)C. The fourth-order valence-corrected chi connectivity index (χ4v) is 13.6. The number of phosphoric ester groups is 2. The van der Waals surface area contributed by atoms with Gasteiger partial charge in [-0.2, -0.15) is 0 Å². The predicted octanol–water partition coefficient (Wildman–Crippen LogP) is 23.1. The summed E-state index contributed by atoms with van der Waals surface area (Å²) in [6.45, 7) is 9.50. The van der Waals surface area contributed by atoms with Crippen molar-refractivity contribution in [2.24, 2.45) is 11.8 Å². The minimum Gasteiger partial charge on any atom is -0.462 e. The molecule has 0 heterocycles. The monoisotopic (exact) mass is 1420 g/mol. The number of esters is 4. The first kappa shape index (κ1) is 95.1. The zero-order chi connectivity index (χ0) is 71.4. The second-order valence-electron chi connectivity index (χ2n) is 29.1. The highest BCUT2D eigenvalue weighted by Crippen LogP contribution is 2.45. The largest absolute Gasteiger partial charge is 0.472 e. The van der Waals surface area contributed by atoms with Crippen LogP contribution in [0.3, 0.4) is 0 Å². The van der Waals surface area contributed by atoms with Crippen molar-refractivity contribution in [2.75, 3.05) is 39.6 Å². The van der Waals surface area contributed by atoms with E-state index < -0.39 is 97.5 Å². The summed E-state index contributed by atoms with van der Waals surface area (Å²) in [6, 6.07) is 0. The molecular formula is C78H152O17P2. The Kier molecular flexibility index (Phi) is 68.4. The molecule has 0 aromatic carbocycles. The molecule has 576 valence electrons. The molecule has 0 aliphatic heterocycles. The number of hydrogen-bond acceptors (Lipinski definition) is 15. The number of aliphatic hydroxyl groups excluding tert-OH is 1. The van der Waals surface area contributed by atoms with Crippen molar-refractivity contribution in [1.82, 2.24) is 0 Å². The molecule has 2 unspecified atom stereocenters. The van der Waals surface area contributed by atoms with Crippen molar-refractivity contribution in [3.05, 3.63) is 0 Å². The molecule has 0 aliphatic rings. The summed E-state index contributed by atoms with van der Waals surface area (Å²) < 4.78 is 68.5. The van der Waals surface area contributed by atoms with Crippen LogP contribution in [0.4, 0.5) is 0 Å². The van der Waals surface area contributed by atoms with Crippen LogP contribution in [0.25, 0.3) is 0 Å². The number of aliphatic hydroxyl groups is 1. The minimum absolute atomic E-state index is 0.104. The van der Waals surface area contributed by atoms with Gasteiger partial charge in [-0.05, 0) is 37.5 Å². The Morgan fingerprint density at radius 1 is 0.278 bits per heavy atom. The van der Waals surface area contributed by atoms with Gasteiger partial charge in [0.15, 0.2) is 12.2 Å². The van der Waals surface area contributed by atoms with Crippen molar-refractivity contribution in [3.63, 3.8) is 0 Å². The molecule has 3 N–H and O–H groups in total. The third-order valence-corrected chi connectivity index (χ3v) is 20.1. The summed E-state index contributed by atoms with van der Waals surface area (Å²) in [4.78, 5) is 72.8. The normalized spacial score (nSPS) is 14.0. The standard InChI is InChI=1S/C78H152O17P2/c1-7-9-11-13-15-17-19-21-23-24-25-26-27-28-29-30-32-34-38-42-50-56-62-77(82)94-73(66-88-75(80)60-54-48-41-37-33-31-22-20-18-16-14-12-10-8-2)68-92-96(84,85)90-64-72(79)65-91-97(86,87)93-69-74(67-89-76(81)61-55-49-45-44-47-53-59-71(5)6)95-78(83)63-57-51-43-39-35-36-40-46-52-58-70(3)4/h70-74,79H,7-69H2,1-6H3,(H,84,85)(H,86,87)/t72-,73-,74-/m1/s1. The van der Waals surface area contributed by atoms with Crippen LogP contribution >= 0.6 is 15.6 Å². The second kappa shape index (κ2) is 69.8. The van der Waals surface area contributed by atoms with Gasteiger partial charge >= 0.3 is 39.5 Å². The van der Waals surface area contributed by atoms with Gasteiger partial charge in [-0.15, -0.1) is 0 Å². The lowest BCUT2D eigenvalue weighted by molar-refractivity contribution is -0.161. The summed E-state index contributed by atoms with van der Waals surface area (Å²) >= 11 is 0. The van der Waals surface area contributed by atoms with E-state index in [0.29, 0.717) is 31.6 Å². The van der Waals surface area contributed by atoms with E-state index in [9.17, 15) is 43.2 Å². The lowest BCUT2D eigenvalue weighted by atomic mass is 10.0. The third kappa shape index (κ3) is 72.2. The van der Waals surface area contributed by atoms with Gasteiger partial charge in [0.05, 0.1) is 26.4 Å². The zero-order valence-corrected chi connectivity index (χ0v) is 65.2. The summed E-state index contributed by atoms with van der Waals surface area (Å²) in [5.74, 6) is -0.701. The van der Waals surface area contributed by atoms with Crippen LogP contribution in [0.1, 0.15) is 408 Å². The topological polar surface area (TPSA) is 237 Å². The highest BCUT2D eigenvalue weighted by atomic mass is 31.2. The number of carbonyl (C=O) groups is 4. The van der Waals surface area contributed by atoms with Crippen LogP contribution in [-0.2, 0) is 65.4 Å². The van der Waals surface area contributed by atoms with E-state index in [1.807, 2.05) is 0 Å². The summed E-state index contributed by atoms with van der Waals surface area (Å²) in [6.07, 6.45) is 58.6. The second-order valence-corrected chi connectivity index (χ2v) is 32.0. The molecule has 0 aromatic rings. The minimum atomic E-state index is -4.96. The van der Waals surface area contributed by atoms with Gasteiger partial charge in [0.2, 0.25) is 0 Å². The van der Waals surface area contributed by atoms with E-state index in [0.717, 1.165) is 102 Å². The molecule has 0 spiro atoms. The Labute approximate surface area is 594 Å². The molecule has 0 aliphatic carbocycles. The molecule has 0 amide bonds. The number of phosphoric acid groups is 2. The van der Waals surface area contributed by atoms with E-state index in [4.69, 9.17) is 37.0 Å². The van der Waals surface area contributed by atoms with Gasteiger partial charge in [0, 0.05) is 25.7 Å². The first-order chi connectivity index (χ1) is 46.9. The summed E-state index contributed by atoms with van der Waals surface area (Å²) in [5, 5.41) is 10.6. The first-order valence-corrected chi connectivity index (χ1v) is 43.5. The van der Waals surface area contributed by atoms with Crippen LogP contribution in [0, 0.1) is 11.8 Å². The molecule has 17 nitrogen and oxygen atoms in total. The lowest BCUT2D eigenvalue weighted by Crippen LogP contribution is -2.30. The van der Waals surface area contributed by atoms with Crippen LogP contribution in [-0.4, -0.2) is 96.7 Å². The predicted molar refractivity (Wildman–Crippen MR) is 395 cm³/mol. The van der Waals surface area contributed by atoms with Crippen molar-refractivity contribution in [3.8, 4) is 0 Å². The molecule has 0 saturated carbocycles. The van der Waals surface area contributed by atoms with E-state index >= 15 is 0 Å². The Balaban J connectivity index is 5.18. The number of unbranched alkanes of at least 4 members (excludes halogenated alkanes) is 47. The quantitative estimate of drug-likeness (QED) is 0.0222. The third-order valence-electron chi connectivity index (χ3n) is 18.2. The summed E-state index contributed by atoms with van der Waals surface area (Å²) in [5.41, 5.74) is 0. The molecular weight excluding hydrogens is 1270 g/mol. The molecule has 0 aromatic heterocycles. The average molecular weight is 1420 g/mol. The maximum atomic E-state index is 13.1. The Morgan fingerprint density at radius 2 is 0.474 bits per heavy atom. The van der Waals surface area contributed by atoms with Crippen LogP contribution in [0.2, 0.25) is 0 Å². The highest BCUT2D eigenvalue weighted by Gasteiger charge is 2.30. The smallest absolute Gasteiger partial charge is 0.462 e. The van der Waals surface area contributed by atoms with Crippen LogP contribution in [0.15, 0.2) is 0 Å². The van der Waals surface area contributed by atoms with Gasteiger partial charge in [-0.1, -0.05) is 356 Å². The maximum absolute atomic E-state index is 13.1. The summed E-state index contributed by atoms with van der Waals surface area (Å²) in [7, 11) is -9.91. The van der Waals surface area contributed by atoms with Crippen molar-refractivity contribution in [2.45, 2.75) is 426 Å². The molecule has 0 rings (SSSR count). The first-order valence-electron chi connectivity index (χ1n) is 40.5. The zero-order valence-electron chi connectivity index (χ0n) is 63.4. The van der Waals surface area contributed by atoms with Gasteiger partial charge < -0.3 is 33.8 Å². The molecule has 97 heavy (non-hydrogen) atoms. The fourth-order valence-electron chi connectivity index (χ4n) is 12.0. The van der Waals surface area contributed by atoms with E-state index in [1.54, 1.807) is 0 Å². The van der Waals surface area contributed by atoms with Crippen molar-refractivity contribution >= 4 is 39.5 Å². The number of ether oxygens (including phenoxy) is 4. The van der Waals surface area contributed by atoms with E-state index in [1.165, 1.54) is 218 Å². The molecule has 5 atom stereocenters. The van der Waals surface area contributed by atoms with E-state index in [-0.39, 0.29) is 25.7 Å². The van der Waals surface area contributed by atoms with Crippen LogP contribution < -0.4 is 0 Å². The van der Waals surface area contributed by atoms with Gasteiger partial charge in [0.1, 0.15) is 19.3 Å².